The molecule has 1 aliphatic heterocycles. The molecule has 2 aromatic rings. The highest BCUT2D eigenvalue weighted by Gasteiger charge is 2.32. The molecule has 11 heteroatoms. The summed E-state index contributed by atoms with van der Waals surface area (Å²) in [6, 6.07) is 11.8. The topological polar surface area (TPSA) is 96.0 Å². The summed E-state index contributed by atoms with van der Waals surface area (Å²) in [5.74, 6) is -0.545. The fraction of sp³-hybridized carbons (Fsp3) is 0.440. The second-order valence-corrected chi connectivity index (χ2v) is 11.8. The average molecular weight is 585 g/mol. The largest absolute Gasteiger partial charge is 0.483 e. The normalized spacial score (nSPS) is 18.6. The average Bonchev–Trinajstić information content (AvgIpc) is 2.79. The number of nitrogens with zero attached hydrogens (tertiary/aromatic N) is 2. The van der Waals surface area contributed by atoms with Gasteiger partial charge in [-0.15, -0.1) is 0 Å². The number of benzene rings is 2. The first-order valence-electron chi connectivity index (χ1n) is 11.6. The maximum Gasteiger partial charge on any atom is 0.260 e. The van der Waals surface area contributed by atoms with Gasteiger partial charge in [-0.05, 0) is 61.7 Å². The summed E-state index contributed by atoms with van der Waals surface area (Å²) in [5.41, 5.74) is 1.71. The molecular weight excluding hydrogens is 553 g/mol. The zero-order valence-electron chi connectivity index (χ0n) is 20.5. The van der Waals surface area contributed by atoms with Crippen LogP contribution in [0.3, 0.4) is 0 Å². The lowest BCUT2D eigenvalue weighted by atomic mass is 10.1. The molecule has 0 spiro atoms. The van der Waals surface area contributed by atoms with Gasteiger partial charge < -0.3 is 9.64 Å². The van der Waals surface area contributed by atoms with E-state index in [9.17, 15) is 22.4 Å². The summed E-state index contributed by atoms with van der Waals surface area (Å²) in [5, 5.41) is 0. The Kier molecular flexibility index (Phi) is 9.48. The molecule has 2 amide bonds. The van der Waals surface area contributed by atoms with Gasteiger partial charge in [0, 0.05) is 42.6 Å². The van der Waals surface area contributed by atoms with E-state index in [1.165, 1.54) is 12.1 Å². The minimum atomic E-state index is -3.62. The quantitative estimate of drug-likeness (QED) is 0.487. The number of carbonyl (C=O) groups is 2. The van der Waals surface area contributed by atoms with E-state index in [4.69, 9.17) is 4.74 Å². The first-order chi connectivity index (χ1) is 16.9. The Hall–Kier alpha value is -2.50. The molecule has 36 heavy (non-hydrogen) atoms. The SMILES string of the molecule is CC1CN(C(=O)COc2ccc(Br)cc2CCC(=O)NS(C)(=O)=O)C(C)CN1Cc1ccc(F)cc1. The van der Waals surface area contributed by atoms with Gasteiger partial charge in [0.25, 0.3) is 5.91 Å². The first kappa shape index (κ1) is 28.1. The van der Waals surface area contributed by atoms with Crippen molar-refractivity contribution in [2.75, 3.05) is 26.0 Å². The Morgan fingerprint density at radius 2 is 1.81 bits per heavy atom. The molecule has 1 saturated heterocycles. The zero-order chi connectivity index (χ0) is 26.5. The molecule has 0 aliphatic carbocycles. The van der Waals surface area contributed by atoms with Crippen LogP contribution < -0.4 is 9.46 Å². The van der Waals surface area contributed by atoms with Crippen molar-refractivity contribution < 1.29 is 27.1 Å². The van der Waals surface area contributed by atoms with Crippen LogP contribution in [0.2, 0.25) is 0 Å². The minimum Gasteiger partial charge on any atom is -0.483 e. The standard InChI is InChI=1S/C25H31BrFN3O5S/c1-17-14-30(18(2)13-29(17)15-19-4-8-22(27)9-5-19)25(32)16-35-23-10-7-21(26)12-20(23)6-11-24(31)28-36(3,33)34/h4-5,7-10,12,17-18H,6,11,13-16H2,1-3H3,(H,28,31). The summed E-state index contributed by atoms with van der Waals surface area (Å²) >= 11 is 3.39. The molecule has 196 valence electrons. The van der Waals surface area contributed by atoms with Gasteiger partial charge in [0.2, 0.25) is 15.9 Å². The number of hydrogen-bond acceptors (Lipinski definition) is 6. The van der Waals surface area contributed by atoms with Gasteiger partial charge in [0.05, 0.1) is 6.26 Å². The third-order valence-electron chi connectivity index (χ3n) is 6.03. The summed E-state index contributed by atoms with van der Waals surface area (Å²) in [7, 11) is -3.62. The Morgan fingerprint density at radius 1 is 1.11 bits per heavy atom. The van der Waals surface area contributed by atoms with Gasteiger partial charge in [-0.1, -0.05) is 28.1 Å². The Morgan fingerprint density at radius 3 is 2.47 bits per heavy atom. The highest BCUT2D eigenvalue weighted by molar-refractivity contribution is 9.10. The van der Waals surface area contributed by atoms with E-state index < -0.39 is 15.9 Å². The van der Waals surface area contributed by atoms with Crippen LogP contribution in [0, 0.1) is 5.82 Å². The van der Waals surface area contributed by atoms with Crippen molar-refractivity contribution >= 4 is 37.8 Å². The number of halogens is 2. The second-order valence-electron chi connectivity index (χ2n) is 9.14. The number of amides is 2. The Bertz CT molecular complexity index is 1190. The highest BCUT2D eigenvalue weighted by Crippen LogP contribution is 2.25. The molecular formula is C25H31BrFN3O5S. The fourth-order valence-electron chi connectivity index (χ4n) is 4.20. The maximum absolute atomic E-state index is 13.2. The van der Waals surface area contributed by atoms with Crippen LogP contribution in [0.15, 0.2) is 46.9 Å². The summed E-state index contributed by atoms with van der Waals surface area (Å²) in [4.78, 5) is 29.0. The summed E-state index contributed by atoms with van der Waals surface area (Å²) < 4.78 is 44.3. The summed E-state index contributed by atoms with van der Waals surface area (Å²) in [6.07, 6.45) is 1.13. The molecule has 1 N–H and O–H groups in total. The van der Waals surface area contributed by atoms with Crippen molar-refractivity contribution in [1.29, 1.82) is 0 Å². The fourth-order valence-corrected chi connectivity index (χ4v) is 5.13. The van der Waals surface area contributed by atoms with Gasteiger partial charge >= 0.3 is 0 Å². The number of aryl methyl sites for hydroxylation is 1. The van der Waals surface area contributed by atoms with Crippen LogP contribution in [-0.4, -0.2) is 68.1 Å². The molecule has 3 rings (SSSR count). The van der Waals surface area contributed by atoms with Crippen LogP contribution >= 0.6 is 15.9 Å². The van der Waals surface area contributed by atoms with Crippen LogP contribution in [-0.2, 0) is 32.6 Å². The van der Waals surface area contributed by atoms with E-state index >= 15 is 0 Å². The smallest absolute Gasteiger partial charge is 0.260 e. The molecule has 0 bridgehead atoms. The van der Waals surface area contributed by atoms with E-state index in [1.807, 2.05) is 16.5 Å². The lowest BCUT2D eigenvalue weighted by Gasteiger charge is -2.44. The number of nitrogens with one attached hydrogen (secondary N) is 1. The predicted molar refractivity (Wildman–Crippen MR) is 138 cm³/mol. The van der Waals surface area contributed by atoms with Crippen LogP contribution in [0.4, 0.5) is 4.39 Å². The molecule has 0 aromatic heterocycles. The monoisotopic (exact) mass is 583 g/mol. The van der Waals surface area contributed by atoms with E-state index in [0.29, 0.717) is 30.9 Å². The van der Waals surface area contributed by atoms with Gasteiger partial charge in [0.15, 0.2) is 6.61 Å². The number of carbonyl (C=O) groups excluding carboxylic acids is 2. The van der Waals surface area contributed by atoms with E-state index in [1.54, 1.807) is 30.3 Å². The third kappa shape index (κ3) is 8.28. The molecule has 0 radical (unpaired) electrons. The molecule has 2 unspecified atom stereocenters. The Labute approximate surface area is 220 Å². The molecule has 1 aliphatic rings. The summed E-state index contributed by atoms with van der Waals surface area (Å²) in [6.45, 7) is 5.81. The van der Waals surface area contributed by atoms with Crippen LogP contribution in [0.5, 0.6) is 5.75 Å². The molecule has 1 fully saturated rings. The van der Waals surface area contributed by atoms with Crippen molar-refractivity contribution in [3.8, 4) is 5.75 Å². The van der Waals surface area contributed by atoms with Crippen LogP contribution in [0.25, 0.3) is 0 Å². The van der Waals surface area contributed by atoms with Gasteiger partial charge in [-0.25, -0.2) is 12.8 Å². The number of rotatable bonds is 9. The van der Waals surface area contributed by atoms with Gasteiger partial charge in [-0.2, -0.15) is 0 Å². The minimum absolute atomic E-state index is 0.0261. The third-order valence-corrected chi connectivity index (χ3v) is 7.12. The van der Waals surface area contributed by atoms with Crippen molar-refractivity contribution in [1.82, 2.24) is 14.5 Å². The maximum atomic E-state index is 13.2. The molecule has 1 heterocycles. The van der Waals surface area contributed by atoms with E-state index in [0.717, 1.165) is 16.3 Å². The van der Waals surface area contributed by atoms with Crippen molar-refractivity contribution in [2.45, 2.75) is 45.3 Å². The van der Waals surface area contributed by atoms with Crippen molar-refractivity contribution in [3.05, 3.63) is 63.9 Å². The van der Waals surface area contributed by atoms with Crippen LogP contribution in [0.1, 0.15) is 31.4 Å². The van der Waals surface area contributed by atoms with E-state index in [2.05, 4.69) is 27.8 Å². The van der Waals surface area contributed by atoms with Crippen molar-refractivity contribution in [2.24, 2.45) is 0 Å². The first-order valence-corrected chi connectivity index (χ1v) is 14.3. The van der Waals surface area contributed by atoms with Crippen molar-refractivity contribution in [3.63, 3.8) is 0 Å². The number of ether oxygens (including phenoxy) is 1. The lowest BCUT2D eigenvalue weighted by molar-refractivity contribution is -0.139. The van der Waals surface area contributed by atoms with Gasteiger partial charge in [0.1, 0.15) is 11.6 Å². The highest BCUT2D eigenvalue weighted by atomic mass is 79.9. The molecule has 2 aromatic carbocycles. The number of piperazine rings is 1. The predicted octanol–water partition coefficient (Wildman–Crippen LogP) is 3.10. The molecule has 2 atom stereocenters. The number of sulfonamides is 1. The zero-order valence-corrected chi connectivity index (χ0v) is 22.9. The van der Waals surface area contributed by atoms with E-state index in [-0.39, 0.29) is 43.3 Å². The number of hydrogen-bond donors (Lipinski definition) is 1. The van der Waals surface area contributed by atoms with Gasteiger partial charge in [-0.3, -0.25) is 19.2 Å². The molecule has 8 nitrogen and oxygen atoms in total. The second kappa shape index (κ2) is 12.2. The Balaban J connectivity index is 1.57. The molecule has 0 saturated carbocycles. The lowest BCUT2D eigenvalue weighted by Crippen LogP contribution is -2.58.